The van der Waals surface area contributed by atoms with Crippen molar-refractivity contribution in [2.75, 3.05) is 12.3 Å². The number of aliphatic hydroxyl groups excluding tert-OH is 1. The molecule has 1 aliphatic rings. The van der Waals surface area contributed by atoms with Crippen molar-refractivity contribution in [3.05, 3.63) is 24.0 Å². The molecule has 0 unspecified atom stereocenters. The maximum Gasteiger partial charge on any atom is 0.241 e. The van der Waals surface area contributed by atoms with Crippen molar-refractivity contribution < 1.29 is 17.9 Å². The smallest absolute Gasteiger partial charge is 0.241 e. The van der Waals surface area contributed by atoms with Crippen LogP contribution in [0.4, 0.5) is 10.1 Å². The molecule has 0 radical (unpaired) electrons. The minimum absolute atomic E-state index is 0.0986. The summed E-state index contributed by atoms with van der Waals surface area (Å²) in [7, 11) is -3.88. The lowest BCUT2D eigenvalue weighted by atomic mass is 9.83. The lowest BCUT2D eigenvalue weighted by molar-refractivity contribution is 0.142. The molecule has 0 atom stereocenters. The molecular formula is C13H19FN2O3S. The molecule has 0 saturated heterocycles. The van der Waals surface area contributed by atoms with Crippen molar-refractivity contribution >= 4 is 15.7 Å². The second kappa shape index (κ2) is 5.67. The number of benzene rings is 1. The molecule has 0 aliphatic heterocycles. The van der Waals surface area contributed by atoms with E-state index in [2.05, 4.69) is 4.72 Å². The highest BCUT2D eigenvalue weighted by molar-refractivity contribution is 7.89. The van der Waals surface area contributed by atoms with Gasteiger partial charge in [-0.3, -0.25) is 0 Å². The Balaban J connectivity index is 2.27. The number of nitrogen functional groups attached to an aromatic ring is 1. The van der Waals surface area contributed by atoms with Gasteiger partial charge in [0, 0.05) is 0 Å². The molecule has 0 aromatic heterocycles. The van der Waals surface area contributed by atoms with Crippen LogP contribution in [-0.4, -0.2) is 25.7 Å². The molecule has 1 aliphatic carbocycles. The number of halogens is 1. The molecule has 1 aromatic carbocycles. The summed E-state index contributed by atoms with van der Waals surface area (Å²) >= 11 is 0. The summed E-state index contributed by atoms with van der Waals surface area (Å²) in [5, 5.41) is 9.53. The van der Waals surface area contributed by atoms with Crippen molar-refractivity contribution in [3.63, 3.8) is 0 Å². The number of nitrogens with one attached hydrogen (secondary N) is 1. The van der Waals surface area contributed by atoms with E-state index in [0.29, 0.717) is 12.8 Å². The summed E-state index contributed by atoms with van der Waals surface area (Å²) in [5.74, 6) is -0.769. The molecule has 2 rings (SSSR count). The number of rotatable bonds is 4. The van der Waals surface area contributed by atoms with E-state index in [1.807, 2.05) is 0 Å². The van der Waals surface area contributed by atoms with Crippen molar-refractivity contribution in [1.29, 1.82) is 0 Å². The monoisotopic (exact) mass is 302 g/mol. The van der Waals surface area contributed by atoms with Crippen LogP contribution in [0.5, 0.6) is 0 Å². The first kappa shape index (κ1) is 15.2. The summed E-state index contributed by atoms with van der Waals surface area (Å²) in [6.07, 6.45) is 3.92. The van der Waals surface area contributed by atoms with Gasteiger partial charge in [0.15, 0.2) is 0 Å². The van der Waals surface area contributed by atoms with Gasteiger partial charge in [0.2, 0.25) is 10.0 Å². The van der Waals surface area contributed by atoms with Crippen molar-refractivity contribution in [3.8, 4) is 0 Å². The van der Waals surface area contributed by atoms with E-state index >= 15 is 0 Å². The molecular weight excluding hydrogens is 283 g/mol. The number of nitrogens with two attached hydrogens (primary N) is 1. The molecule has 1 fully saturated rings. The minimum atomic E-state index is -3.88. The molecule has 0 heterocycles. The summed E-state index contributed by atoms with van der Waals surface area (Å²) < 4.78 is 40.5. The van der Waals surface area contributed by atoms with E-state index in [4.69, 9.17) is 5.73 Å². The number of hydrogen-bond donors (Lipinski definition) is 3. The average molecular weight is 302 g/mol. The first-order valence-corrected chi connectivity index (χ1v) is 8.07. The van der Waals surface area contributed by atoms with E-state index in [1.165, 1.54) is 12.1 Å². The van der Waals surface area contributed by atoms with Crippen LogP contribution in [0.3, 0.4) is 0 Å². The molecule has 0 bridgehead atoms. The van der Waals surface area contributed by atoms with Gasteiger partial charge in [-0.1, -0.05) is 19.3 Å². The van der Waals surface area contributed by atoms with Crippen molar-refractivity contribution in [2.45, 2.75) is 42.5 Å². The molecule has 0 amide bonds. The van der Waals surface area contributed by atoms with Crippen LogP contribution in [0.2, 0.25) is 0 Å². The van der Waals surface area contributed by atoms with Gasteiger partial charge in [0.25, 0.3) is 0 Å². The lowest BCUT2D eigenvalue weighted by Gasteiger charge is -2.36. The van der Waals surface area contributed by atoms with E-state index in [0.717, 1.165) is 25.3 Å². The molecule has 7 heteroatoms. The third-order valence-corrected chi connectivity index (χ3v) is 5.32. The topological polar surface area (TPSA) is 92.4 Å². The fraction of sp³-hybridized carbons (Fsp3) is 0.538. The minimum Gasteiger partial charge on any atom is -0.396 e. The van der Waals surface area contributed by atoms with Crippen LogP contribution in [0.1, 0.15) is 32.1 Å². The lowest BCUT2D eigenvalue weighted by Crippen LogP contribution is -2.52. The second-order valence-electron chi connectivity index (χ2n) is 5.29. The zero-order valence-electron chi connectivity index (χ0n) is 11.1. The molecule has 0 spiro atoms. The molecule has 1 aromatic rings. The van der Waals surface area contributed by atoms with Gasteiger partial charge in [0.05, 0.1) is 22.7 Å². The maximum absolute atomic E-state index is 13.4. The molecule has 4 N–H and O–H groups in total. The van der Waals surface area contributed by atoms with Gasteiger partial charge in [0.1, 0.15) is 5.82 Å². The third-order valence-electron chi connectivity index (χ3n) is 3.75. The Bertz CT molecular complexity index is 583. The largest absolute Gasteiger partial charge is 0.396 e. The second-order valence-corrected chi connectivity index (χ2v) is 6.97. The summed E-state index contributed by atoms with van der Waals surface area (Å²) in [6, 6.07) is 3.37. The van der Waals surface area contributed by atoms with Gasteiger partial charge in [-0.25, -0.2) is 17.5 Å². The Hall–Kier alpha value is -1.18. The fourth-order valence-electron chi connectivity index (χ4n) is 2.54. The molecule has 5 nitrogen and oxygen atoms in total. The van der Waals surface area contributed by atoms with Gasteiger partial charge >= 0.3 is 0 Å². The summed E-state index contributed by atoms with van der Waals surface area (Å²) in [4.78, 5) is -0.178. The highest BCUT2D eigenvalue weighted by Crippen LogP contribution is 2.29. The zero-order chi connectivity index (χ0) is 14.8. The number of aliphatic hydroxyl groups is 1. The fourth-order valence-corrected chi connectivity index (χ4v) is 4.00. The van der Waals surface area contributed by atoms with Gasteiger partial charge in [-0.15, -0.1) is 0 Å². The standard InChI is InChI=1S/C13H19FN2O3S/c14-11-8-10(4-5-12(11)15)20(18,19)16-13(9-17)6-2-1-3-7-13/h4-5,8,16-17H,1-3,6-7,9,15H2. The maximum atomic E-state index is 13.4. The molecule has 112 valence electrons. The third kappa shape index (κ3) is 3.11. The first-order chi connectivity index (χ1) is 9.38. The number of hydrogen-bond acceptors (Lipinski definition) is 4. The molecule has 1 saturated carbocycles. The molecule has 20 heavy (non-hydrogen) atoms. The SMILES string of the molecule is Nc1ccc(S(=O)(=O)NC2(CO)CCCCC2)cc1F. The van der Waals surface area contributed by atoms with Crippen LogP contribution in [-0.2, 0) is 10.0 Å². The van der Waals surface area contributed by atoms with Gasteiger partial charge < -0.3 is 10.8 Å². The van der Waals surface area contributed by atoms with Crippen LogP contribution >= 0.6 is 0 Å². The van der Waals surface area contributed by atoms with E-state index in [9.17, 15) is 17.9 Å². The van der Waals surface area contributed by atoms with Gasteiger partial charge in [-0.2, -0.15) is 0 Å². The highest BCUT2D eigenvalue weighted by Gasteiger charge is 2.36. The highest BCUT2D eigenvalue weighted by atomic mass is 32.2. The predicted molar refractivity (Wildman–Crippen MR) is 74.0 cm³/mol. The van der Waals surface area contributed by atoms with E-state index < -0.39 is 21.4 Å². The van der Waals surface area contributed by atoms with Crippen LogP contribution in [0, 0.1) is 5.82 Å². The Morgan fingerprint density at radius 2 is 1.95 bits per heavy atom. The number of anilines is 1. The first-order valence-electron chi connectivity index (χ1n) is 6.58. The normalized spacial score (nSPS) is 18.9. The zero-order valence-corrected chi connectivity index (χ0v) is 11.9. The predicted octanol–water partition coefficient (Wildman–Crippen LogP) is 1.38. The Morgan fingerprint density at radius 1 is 1.30 bits per heavy atom. The van der Waals surface area contributed by atoms with Crippen LogP contribution in [0.25, 0.3) is 0 Å². The number of sulfonamides is 1. The summed E-state index contributed by atoms with van der Waals surface area (Å²) in [6.45, 7) is -0.260. The van der Waals surface area contributed by atoms with E-state index in [1.54, 1.807) is 0 Å². The Morgan fingerprint density at radius 3 is 2.50 bits per heavy atom. The van der Waals surface area contributed by atoms with Crippen molar-refractivity contribution in [2.24, 2.45) is 0 Å². The Kier molecular flexibility index (Phi) is 4.31. The average Bonchev–Trinajstić information content (AvgIpc) is 2.42. The van der Waals surface area contributed by atoms with Crippen LogP contribution in [0.15, 0.2) is 23.1 Å². The summed E-state index contributed by atoms with van der Waals surface area (Å²) in [5.41, 5.74) is 4.40. The van der Waals surface area contributed by atoms with Crippen molar-refractivity contribution in [1.82, 2.24) is 4.72 Å². The quantitative estimate of drug-likeness (QED) is 0.733. The van der Waals surface area contributed by atoms with E-state index in [-0.39, 0.29) is 17.2 Å². The van der Waals surface area contributed by atoms with Crippen LogP contribution < -0.4 is 10.5 Å². The van der Waals surface area contributed by atoms with Gasteiger partial charge in [-0.05, 0) is 31.0 Å². The Labute approximate surface area is 118 Å².